The molecule has 2 N–H and O–H groups in total. The maximum atomic E-state index is 12.2. The van der Waals surface area contributed by atoms with Crippen molar-refractivity contribution in [3.8, 4) is 0 Å². The Kier molecular flexibility index (Phi) is 4.62. The molecule has 0 saturated heterocycles. The van der Waals surface area contributed by atoms with Crippen molar-refractivity contribution in [1.29, 1.82) is 0 Å². The van der Waals surface area contributed by atoms with E-state index in [9.17, 15) is 4.79 Å². The summed E-state index contributed by atoms with van der Waals surface area (Å²) in [5.41, 5.74) is 1.11. The molecule has 0 fully saturated rings. The zero-order chi connectivity index (χ0) is 14.5. The molecule has 1 aromatic heterocycles. The number of carbonyl (C=O) groups excluding carboxylic acids is 1. The predicted molar refractivity (Wildman–Crippen MR) is 78.5 cm³/mol. The number of hydrogen-bond acceptors (Lipinski definition) is 5. The minimum atomic E-state index is 0.0225. The second kappa shape index (κ2) is 6.42. The molecule has 1 amide bonds. The lowest BCUT2D eigenvalue weighted by atomic mass is 10.1. The number of rotatable bonds is 5. The first-order valence-electron chi connectivity index (χ1n) is 6.18. The minimum Gasteiger partial charge on any atom is -0.338 e. The van der Waals surface area contributed by atoms with E-state index in [2.05, 4.69) is 10.2 Å². The Morgan fingerprint density at radius 3 is 2.75 bits per heavy atom. The van der Waals surface area contributed by atoms with Gasteiger partial charge in [-0.2, -0.15) is 0 Å². The monoisotopic (exact) mass is 291 g/mol. The second-order valence-corrected chi connectivity index (χ2v) is 5.34. The Balaban J connectivity index is 1.93. The van der Waals surface area contributed by atoms with Gasteiger partial charge in [0.05, 0.1) is 11.8 Å². The predicted octanol–water partition coefficient (Wildman–Crippen LogP) is 1.30. The van der Waals surface area contributed by atoms with E-state index in [-0.39, 0.29) is 17.7 Å². The van der Waals surface area contributed by atoms with Gasteiger partial charge in [-0.25, -0.2) is 4.68 Å². The Hall–Kier alpha value is -2.02. The van der Waals surface area contributed by atoms with Crippen LogP contribution in [0.15, 0.2) is 41.8 Å². The fraction of sp³-hybridized carbons (Fsp3) is 0.308. The molecule has 1 atom stereocenters. The van der Waals surface area contributed by atoms with Crippen LogP contribution < -0.4 is 5.84 Å². The number of nitrogens with zero attached hydrogens (tertiary/aromatic N) is 4. The van der Waals surface area contributed by atoms with Crippen LogP contribution in [0.25, 0.3) is 0 Å². The van der Waals surface area contributed by atoms with Gasteiger partial charge in [-0.15, -0.1) is 10.2 Å². The van der Waals surface area contributed by atoms with Gasteiger partial charge in [0.15, 0.2) is 0 Å². The zero-order valence-corrected chi connectivity index (χ0v) is 12.2. The summed E-state index contributed by atoms with van der Waals surface area (Å²) in [6.07, 6.45) is 1.41. The number of hydrogen-bond donors (Lipinski definition) is 1. The van der Waals surface area contributed by atoms with Crippen molar-refractivity contribution < 1.29 is 4.79 Å². The largest absolute Gasteiger partial charge is 0.338 e. The van der Waals surface area contributed by atoms with Crippen molar-refractivity contribution in [3.05, 3.63) is 42.2 Å². The van der Waals surface area contributed by atoms with Crippen molar-refractivity contribution in [2.75, 3.05) is 18.6 Å². The van der Waals surface area contributed by atoms with Gasteiger partial charge in [0.1, 0.15) is 6.33 Å². The first-order valence-corrected chi connectivity index (χ1v) is 7.16. The van der Waals surface area contributed by atoms with Gasteiger partial charge < -0.3 is 10.7 Å². The molecule has 0 aliphatic rings. The fourth-order valence-corrected chi connectivity index (χ4v) is 2.49. The molecule has 0 aliphatic heterocycles. The number of nitrogens with two attached hydrogens (primary N) is 1. The molecule has 0 spiro atoms. The van der Waals surface area contributed by atoms with E-state index in [0.717, 1.165) is 5.56 Å². The molecule has 2 aromatic rings. The van der Waals surface area contributed by atoms with Crippen LogP contribution in [0.2, 0.25) is 0 Å². The van der Waals surface area contributed by atoms with Gasteiger partial charge in [-0.1, -0.05) is 42.1 Å². The van der Waals surface area contributed by atoms with Crippen LogP contribution in [-0.2, 0) is 4.79 Å². The summed E-state index contributed by atoms with van der Waals surface area (Å²) >= 11 is 1.28. The maximum absolute atomic E-state index is 12.2. The Bertz CT molecular complexity index is 571. The Labute approximate surface area is 121 Å². The number of aromatic nitrogens is 3. The summed E-state index contributed by atoms with van der Waals surface area (Å²) in [5.74, 6) is 5.90. The topological polar surface area (TPSA) is 77.0 Å². The van der Waals surface area contributed by atoms with Gasteiger partial charge in [0.2, 0.25) is 11.1 Å². The highest BCUT2D eigenvalue weighted by Crippen LogP contribution is 2.20. The number of nitrogen functional groups attached to an aromatic ring is 1. The van der Waals surface area contributed by atoms with Crippen LogP contribution in [0.3, 0.4) is 0 Å². The Morgan fingerprint density at radius 1 is 1.45 bits per heavy atom. The van der Waals surface area contributed by atoms with Crippen LogP contribution in [-0.4, -0.2) is 38.5 Å². The van der Waals surface area contributed by atoms with E-state index in [4.69, 9.17) is 5.84 Å². The van der Waals surface area contributed by atoms with Gasteiger partial charge in [-0.05, 0) is 12.5 Å². The molecule has 0 saturated carbocycles. The molecule has 0 unspecified atom stereocenters. The lowest BCUT2D eigenvalue weighted by Crippen LogP contribution is -2.31. The molecule has 2 rings (SSSR count). The third-order valence-electron chi connectivity index (χ3n) is 3.12. The maximum Gasteiger partial charge on any atom is 0.233 e. The van der Waals surface area contributed by atoms with Crippen molar-refractivity contribution in [2.24, 2.45) is 0 Å². The van der Waals surface area contributed by atoms with E-state index < -0.39 is 0 Å². The molecule has 0 bridgehead atoms. The molecule has 20 heavy (non-hydrogen) atoms. The SMILES string of the molecule is C[C@@H](c1ccccc1)N(C)C(=O)CSc1nncn1N. The van der Waals surface area contributed by atoms with Gasteiger partial charge in [0.25, 0.3) is 0 Å². The molecule has 0 aliphatic carbocycles. The normalized spacial score (nSPS) is 12.1. The number of amides is 1. The van der Waals surface area contributed by atoms with Crippen molar-refractivity contribution >= 4 is 17.7 Å². The van der Waals surface area contributed by atoms with Crippen molar-refractivity contribution in [3.63, 3.8) is 0 Å². The quantitative estimate of drug-likeness (QED) is 0.664. The first-order chi connectivity index (χ1) is 9.59. The van der Waals surface area contributed by atoms with Gasteiger partial charge >= 0.3 is 0 Å². The van der Waals surface area contributed by atoms with Crippen LogP contribution in [0.5, 0.6) is 0 Å². The van der Waals surface area contributed by atoms with E-state index >= 15 is 0 Å². The van der Waals surface area contributed by atoms with Crippen molar-refractivity contribution in [1.82, 2.24) is 19.8 Å². The minimum absolute atomic E-state index is 0.0225. The Morgan fingerprint density at radius 2 is 2.15 bits per heavy atom. The summed E-state index contributed by atoms with van der Waals surface area (Å²) in [6, 6.07) is 9.95. The van der Waals surface area contributed by atoms with Gasteiger partial charge in [-0.3, -0.25) is 4.79 Å². The van der Waals surface area contributed by atoms with Crippen LogP contribution >= 0.6 is 11.8 Å². The van der Waals surface area contributed by atoms with Gasteiger partial charge in [0, 0.05) is 7.05 Å². The van der Waals surface area contributed by atoms with E-state index in [1.165, 1.54) is 22.8 Å². The summed E-state index contributed by atoms with van der Waals surface area (Å²) < 4.78 is 1.30. The van der Waals surface area contributed by atoms with Crippen LogP contribution in [0, 0.1) is 0 Å². The molecule has 106 valence electrons. The number of benzene rings is 1. The highest BCUT2D eigenvalue weighted by atomic mass is 32.2. The molecule has 1 heterocycles. The van der Waals surface area contributed by atoms with Crippen LogP contribution in [0.1, 0.15) is 18.5 Å². The third kappa shape index (κ3) is 3.30. The summed E-state index contributed by atoms with van der Waals surface area (Å²) in [4.78, 5) is 13.9. The average Bonchev–Trinajstić information content (AvgIpc) is 2.89. The average molecular weight is 291 g/mol. The third-order valence-corrected chi connectivity index (χ3v) is 4.06. The molecular weight excluding hydrogens is 274 g/mol. The van der Waals surface area contributed by atoms with Crippen molar-refractivity contribution in [2.45, 2.75) is 18.1 Å². The molecule has 6 nitrogen and oxygen atoms in total. The molecular formula is C13H17N5OS. The highest BCUT2D eigenvalue weighted by Gasteiger charge is 2.18. The lowest BCUT2D eigenvalue weighted by Gasteiger charge is -2.25. The van der Waals surface area contributed by atoms with E-state index in [0.29, 0.717) is 5.16 Å². The standard InChI is InChI=1S/C13H17N5OS/c1-10(11-6-4-3-5-7-11)17(2)12(19)8-20-13-16-15-9-18(13)14/h3-7,9-10H,8,14H2,1-2H3/t10-/m0/s1. The zero-order valence-electron chi connectivity index (χ0n) is 11.4. The number of thioether (sulfide) groups is 1. The molecule has 1 aromatic carbocycles. The molecule has 0 radical (unpaired) electrons. The summed E-state index contributed by atoms with van der Waals surface area (Å²) in [7, 11) is 1.80. The second-order valence-electron chi connectivity index (χ2n) is 4.40. The summed E-state index contributed by atoms with van der Waals surface area (Å²) in [5, 5.41) is 8.03. The van der Waals surface area contributed by atoms with E-state index in [1.54, 1.807) is 11.9 Å². The highest BCUT2D eigenvalue weighted by molar-refractivity contribution is 7.99. The van der Waals surface area contributed by atoms with Crippen LogP contribution in [0.4, 0.5) is 0 Å². The smallest absolute Gasteiger partial charge is 0.233 e. The summed E-state index contributed by atoms with van der Waals surface area (Å²) in [6.45, 7) is 2.00. The first kappa shape index (κ1) is 14.4. The number of carbonyl (C=O) groups is 1. The lowest BCUT2D eigenvalue weighted by molar-refractivity contribution is -0.128. The van der Waals surface area contributed by atoms with E-state index in [1.807, 2.05) is 37.3 Å². The molecule has 7 heteroatoms. The fourth-order valence-electron chi connectivity index (χ4n) is 1.73.